The Labute approximate surface area is 362 Å². The molecule has 2 atom stereocenters. The molecule has 332 valence electrons. The molecule has 8 heterocycles. The zero-order valence-corrected chi connectivity index (χ0v) is 36.4. The van der Waals surface area contributed by atoms with Crippen molar-refractivity contribution >= 4 is 63.8 Å². The van der Waals surface area contributed by atoms with E-state index in [0.717, 1.165) is 11.1 Å². The molecule has 0 saturated heterocycles. The zero-order valence-electron chi connectivity index (χ0n) is 36.4. The molecule has 63 heavy (non-hydrogen) atoms. The summed E-state index contributed by atoms with van der Waals surface area (Å²) in [6, 6.07) is 6.73. The number of rotatable bonds is 4. The van der Waals surface area contributed by atoms with Crippen LogP contribution >= 0.6 is 0 Å². The van der Waals surface area contributed by atoms with E-state index in [1.807, 2.05) is 26.0 Å². The number of hydrogen-bond donors (Lipinski definition) is 5. The van der Waals surface area contributed by atoms with Gasteiger partial charge in [-0.2, -0.15) is 19.2 Å². The Morgan fingerprint density at radius 1 is 0.778 bits per heavy atom. The van der Waals surface area contributed by atoms with Crippen LogP contribution < -0.4 is 41.0 Å². The quantitative estimate of drug-likeness (QED) is 0.164. The molecule has 2 aliphatic heterocycles. The van der Waals surface area contributed by atoms with Crippen LogP contribution in [0.2, 0.25) is 0 Å². The van der Waals surface area contributed by atoms with E-state index in [4.69, 9.17) is 23.7 Å². The topological polar surface area (TPSA) is 247 Å². The summed E-state index contributed by atoms with van der Waals surface area (Å²) in [5, 5.41) is 23.9. The second-order valence-electron chi connectivity index (χ2n) is 15.7. The Morgan fingerprint density at radius 2 is 1.27 bits per heavy atom. The van der Waals surface area contributed by atoms with Gasteiger partial charge in [0.05, 0.1) is 53.0 Å². The van der Waals surface area contributed by atoms with Crippen LogP contribution in [0.5, 0.6) is 11.8 Å². The maximum atomic E-state index is 13.0. The van der Waals surface area contributed by atoms with Gasteiger partial charge >= 0.3 is 6.09 Å². The van der Waals surface area contributed by atoms with E-state index < -0.39 is 11.7 Å². The highest BCUT2D eigenvalue weighted by Gasteiger charge is 2.27. The number of aromatic nitrogens is 8. The third kappa shape index (κ3) is 9.92. The fourth-order valence-electron chi connectivity index (χ4n) is 6.52. The van der Waals surface area contributed by atoms with E-state index in [1.165, 1.54) is 28.9 Å². The average Bonchev–Trinajstić information content (AvgIpc) is 3.87. The van der Waals surface area contributed by atoms with Crippen molar-refractivity contribution in [3.8, 4) is 11.8 Å². The molecule has 0 aliphatic carbocycles. The Hall–Kier alpha value is -7.33. The van der Waals surface area contributed by atoms with Crippen LogP contribution in [0.25, 0.3) is 11.3 Å². The summed E-state index contributed by atoms with van der Waals surface area (Å²) in [6.45, 7) is 10.4. The number of fused-ring (bicyclic) bond motifs is 6. The summed E-state index contributed by atoms with van der Waals surface area (Å²) in [4.78, 5) is 57.8. The number of nitrogens with one attached hydrogen (secondary N) is 5. The van der Waals surface area contributed by atoms with Gasteiger partial charge in [-0.1, -0.05) is 0 Å². The van der Waals surface area contributed by atoms with Gasteiger partial charge in [-0.05, 0) is 57.9 Å². The highest BCUT2D eigenvalue weighted by Crippen LogP contribution is 2.31. The molecule has 0 saturated carbocycles. The Kier molecular flexibility index (Phi) is 12.7. The summed E-state index contributed by atoms with van der Waals surface area (Å²) in [6.07, 6.45) is 5.69. The predicted octanol–water partition coefficient (Wildman–Crippen LogP) is 4.46. The molecule has 0 unspecified atom stereocenters. The summed E-state index contributed by atoms with van der Waals surface area (Å²) in [7, 11) is 6.41. The minimum Gasteiger partial charge on any atom is -0.480 e. The lowest BCUT2D eigenvalue weighted by atomic mass is 10.2. The first kappa shape index (κ1) is 43.7. The summed E-state index contributed by atoms with van der Waals surface area (Å²) >= 11 is 0. The van der Waals surface area contributed by atoms with E-state index in [2.05, 4.69) is 56.7 Å². The highest BCUT2D eigenvalue weighted by molar-refractivity contribution is 6.01. The lowest BCUT2D eigenvalue weighted by Crippen LogP contribution is -2.36. The fourth-order valence-corrected chi connectivity index (χ4v) is 6.52. The van der Waals surface area contributed by atoms with Gasteiger partial charge < -0.3 is 50.3 Å². The van der Waals surface area contributed by atoms with Crippen molar-refractivity contribution in [2.75, 3.05) is 62.4 Å². The first-order chi connectivity index (χ1) is 30.1. The van der Waals surface area contributed by atoms with Crippen molar-refractivity contribution in [3.63, 3.8) is 0 Å². The molecule has 5 N–H and O–H groups in total. The van der Waals surface area contributed by atoms with Gasteiger partial charge in [0.2, 0.25) is 11.8 Å². The van der Waals surface area contributed by atoms with Crippen molar-refractivity contribution in [3.05, 3.63) is 71.3 Å². The molecule has 22 nitrogen and oxygen atoms in total. The van der Waals surface area contributed by atoms with Gasteiger partial charge in [0.15, 0.2) is 11.3 Å². The number of ether oxygens (including phenoxy) is 5. The number of carbonyl (C=O) groups is 3. The van der Waals surface area contributed by atoms with Crippen molar-refractivity contribution in [1.82, 2.24) is 49.8 Å². The Balaban J connectivity index is 0.000000193. The third-order valence-electron chi connectivity index (χ3n) is 9.44. The van der Waals surface area contributed by atoms with Crippen LogP contribution in [0.1, 0.15) is 66.5 Å². The SMILES string of the molecule is CNc1cc2nc3c(cnn13)C(=O)N[C@H](C)COCc1cnc(OC)c(c1)N2.COc1ncc2cc1Nc1cc(N(C)C(=O)OC(C)(C)C)n3ncc(c3n1)C(=O)N[C@H](C)COC2. The zero-order chi connectivity index (χ0) is 45.0. The second-order valence-corrected chi connectivity index (χ2v) is 15.7. The van der Waals surface area contributed by atoms with Gasteiger partial charge in [0.1, 0.15) is 51.4 Å². The number of hydrogen-bond acceptors (Lipinski definition) is 17. The molecule has 6 aromatic rings. The van der Waals surface area contributed by atoms with E-state index in [0.29, 0.717) is 84.0 Å². The van der Waals surface area contributed by atoms with Crippen molar-refractivity contribution in [1.29, 1.82) is 0 Å². The lowest BCUT2D eigenvalue weighted by molar-refractivity contribution is 0.0587. The van der Waals surface area contributed by atoms with Crippen LogP contribution in [0.4, 0.5) is 39.4 Å². The molecule has 6 aromatic heterocycles. The maximum absolute atomic E-state index is 13.0. The number of anilines is 6. The molecule has 3 amide bonds. The molecular weight excluding hydrogens is 817 g/mol. The number of methoxy groups -OCH3 is 2. The maximum Gasteiger partial charge on any atom is 0.415 e. The Bertz CT molecular complexity index is 2660. The van der Waals surface area contributed by atoms with E-state index in [1.54, 1.807) is 71.0 Å². The van der Waals surface area contributed by atoms with Crippen LogP contribution in [-0.2, 0) is 27.4 Å². The van der Waals surface area contributed by atoms with Crippen LogP contribution in [0.15, 0.2) is 49.1 Å². The largest absolute Gasteiger partial charge is 0.480 e. The van der Waals surface area contributed by atoms with Crippen molar-refractivity contribution in [2.45, 2.75) is 65.5 Å². The monoisotopic (exact) mass is 866 g/mol. The first-order valence-electron chi connectivity index (χ1n) is 19.9. The molecular formula is C41H50N14O8. The molecule has 22 heteroatoms. The van der Waals surface area contributed by atoms with Gasteiger partial charge in [-0.15, -0.1) is 0 Å². The van der Waals surface area contributed by atoms with Gasteiger partial charge in [-0.3, -0.25) is 14.5 Å². The van der Waals surface area contributed by atoms with E-state index in [-0.39, 0.29) is 35.1 Å². The molecule has 0 aromatic carbocycles. The van der Waals surface area contributed by atoms with Gasteiger partial charge in [-0.25, -0.2) is 24.7 Å². The number of carbonyl (C=O) groups excluding carboxylic acids is 3. The van der Waals surface area contributed by atoms with Crippen molar-refractivity contribution in [2.24, 2.45) is 0 Å². The predicted molar refractivity (Wildman–Crippen MR) is 231 cm³/mol. The van der Waals surface area contributed by atoms with Gasteiger partial charge in [0, 0.05) is 50.7 Å². The van der Waals surface area contributed by atoms with E-state index >= 15 is 0 Å². The molecule has 0 radical (unpaired) electrons. The fraction of sp³-hybridized carbons (Fsp3) is 0.390. The minimum absolute atomic E-state index is 0.179. The molecule has 8 rings (SSSR count). The van der Waals surface area contributed by atoms with Crippen LogP contribution in [0.3, 0.4) is 0 Å². The standard InChI is InChI=1S/C23H29N7O5.C18H21N7O3/c1-13-11-34-12-14-7-16(21(33-6)24-9-14)27-17-8-18(29(5)22(32)35-23(2,3)4)30-19(28-17)15(10-25-30)20(31)26-13;1-10-8-28-9-11-4-13(18(27-3)20-6-11)23-14-5-15(19-2)25-16(24-14)12(7-21-25)17(26)22-10/h7-10,13H,11-12H2,1-6H3,(H,26,31)(H,27,28);4-7,10,19H,8-9H2,1-3H3,(H,22,26)(H,23,24)/t13-;10-/m11/s1. The second kappa shape index (κ2) is 18.3. The summed E-state index contributed by atoms with van der Waals surface area (Å²) in [5.74, 6) is 2.06. The van der Waals surface area contributed by atoms with Gasteiger partial charge in [0.25, 0.3) is 11.8 Å². The molecule has 8 bridgehead atoms. The molecule has 2 aliphatic rings. The lowest BCUT2D eigenvalue weighted by Gasteiger charge is -2.25. The minimum atomic E-state index is -0.695. The number of pyridine rings is 2. The van der Waals surface area contributed by atoms with Crippen molar-refractivity contribution < 1.29 is 38.1 Å². The number of amides is 3. The smallest absolute Gasteiger partial charge is 0.415 e. The normalized spacial score (nSPS) is 16.6. The third-order valence-corrected chi connectivity index (χ3v) is 9.44. The number of nitrogens with zero attached hydrogens (tertiary/aromatic N) is 9. The highest BCUT2D eigenvalue weighted by atomic mass is 16.6. The Morgan fingerprint density at radius 3 is 1.76 bits per heavy atom. The average molecular weight is 867 g/mol. The van der Waals surface area contributed by atoms with Crippen LogP contribution in [0, 0.1) is 0 Å². The molecule has 0 fully saturated rings. The van der Waals surface area contributed by atoms with Crippen LogP contribution in [-0.4, -0.2) is 116 Å². The first-order valence-corrected chi connectivity index (χ1v) is 19.9. The summed E-state index contributed by atoms with van der Waals surface area (Å²) < 4.78 is 30.8. The van der Waals surface area contributed by atoms with E-state index in [9.17, 15) is 14.4 Å². The molecule has 0 spiro atoms. The summed E-state index contributed by atoms with van der Waals surface area (Å²) in [5.41, 5.74) is 3.49.